The molecule has 0 spiro atoms. The SMILES string of the molecule is CCCCCCC/C=C/C#N. The van der Waals surface area contributed by atoms with Gasteiger partial charge in [0.05, 0.1) is 6.07 Å². The van der Waals surface area contributed by atoms with Gasteiger partial charge < -0.3 is 0 Å². The fourth-order valence-electron chi connectivity index (χ4n) is 1.00. The summed E-state index contributed by atoms with van der Waals surface area (Å²) in [6, 6.07) is 1.99. The van der Waals surface area contributed by atoms with Crippen molar-refractivity contribution in [2.24, 2.45) is 0 Å². The first-order valence-electron chi connectivity index (χ1n) is 4.46. The molecule has 0 radical (unpaired) electrons. The number of hydrogen-bond acceptors (Lipinski definition) is 1. The average Bonchev–Trinajstić information content (AvgIpc) is 2.03. The summed E-state index contributed by atoms with van der Waals surface area (Å²) >= 11 is 0. The Bertz CT molecular complexity index is 130. The largest absolute Gasteiger partial charge is 0.193 e. The lowest BCUT2D eigenvalue weighted by Crippen LogP contribution is -1.75. The summed E-state index contributed by atoms with van der Waals surface area (Å²) in [5, 5.41) is 8.17. The minimum atomic E-state index is 1.07. The monoisotopic (exact) mass is 151 g/mol. The van der Waals surface area contributed by atoms with Crippen molar-refractivity contribution in [1.82, 2.24) is 0 Å². The van der Waals surface area contributed by atoms with E-state index in [1.54, 1.807) is 6.08 Å². The summed E-state index contributed by atoms with van der Waals surface area (Å²) in [5.41, 5.74) is 0. The minimum absolute atomic E-state index is 1.07. The number of hydrogen-bond donors (Lipinski definition) is 0. The molecule has 1 heteroatoms. The number of allylic oxidation sites excluding steroid dienone is 2. The van der Waals surface area contributed by atoms with E-state index in [1.165, 1.54) is 32.1 Å². The molecular formula is C10H17N. The quantitative estimate of drug-likeness (QED) is 0.421. The van der Waals surface area contributed by atoms with Crippen molar-refractivity contribution in [1.29, 1.82) is 5.26 Å². The summed E-state index contributed by atoms with van der Waals surface area (Å²) in [6.45, 7) is 2.22. The van der Waals surface area contributed by atoms with Gasteiger partial charge in [-0.3, -0.25) is 0 Å². The zero-order valence-electron chi connectivity index (χ0n) is 7.34. The zero-order valence-corrected chi connectivity index (χ0v) is 7.34. The van der Waals surface area contributed by atoms with E-state index in [-0.39, 0.29) is 0 Å². The molecule has 0 amide bonds. The van der Waals surface area contributed by atoms with Gasteiger partial charge in [0.2, 0.25) is 0 Å². The van der Waals surface area contributed by atoms with E-state index in [0.717, 1.165) is 6.42 Å². The Morgan fingerprint density at radius 2 is 1.91 bits per heavy atom. The Hall–Kier alpha value is -0.770. The molecule has 0 aliphatic carbocycles. The smallest absolute Gasteiger partial charge is 0.0908 e. The molecule has 0 aliphatic heterocycles. The fraction of sp³-hybridized carbons (Fsp3) is 0.700. The predicted octanol–water partition coefficient (Wildman–Crippen LogP) is 3.43. The van der Waals surface area contributed by atoms with Gasteiger partial charge in [0.1, 0.15) is 0 Å². The molecule has 0 aromatic heterocycles. The molecule has 0 N–H and O–H groups in total. The van der Waals surface area contributed by atoms with Crippen LogP contribution < -0.4 is 0 Å². The Labute approximate surface area is 69.7 Å². The number of unbranched alkanes of at least 4 members (excludes halogenated alkanes) is 5. The Kier molecular flexibility index (Phi) is 8.58. The van der Waals surface area contributed by atoms with Gasteiger partial charge in [-0.1, -0.05) is 38.7 Å². The molecule has 0 rings (SSSR count). The van der Waals surface area contributed by atoms with Gasteiger partial charge in [-0.2, -0.15) is 5.26 Å². The van der Waals surface area contributed by atoms with Crippen LogP contribution in [0.15, 0.2) is 12.2 Å². The third kappa shape index (κ3) is 9.23. The first-order valence-corrected chi connectivity index (χ1v) is 4.46. The molecule has 0 unspecified atom stereocenters. The maximum atomic E-state index is 8.17. The van der Waals surface area contributed by atoms with E-state index in [9.17, 15) is 0 Å². The Morgan fingerprint density at radius 3 is 2.55 bits per heavy atom. The topological polar surface area (TPSA) is 23.8 Å². The lowest BCUT2D eigenvalue weighted by molar-refractivity contribution is 0.637. The van der Waals surface area contributed by atoms with E-state index >= 15 is 0 Å². The molecule has 0 aromatic rings. The maximum Gasteiger partial charge on any atom is 0.0908 e. The van der Waals surface area contributed by atoms with Gasteiger partial charge in [-0.15, -0.1) is 0 Å². The third-order valence-corrected chi connectivity index (χ3v) is 1.67. The summed E-state index contributed by atoms with van der Waals surface area (Å²) in [5.74, 6) is 0. The molecule has 0 saturated heterocycles. The number of nitrogens with zero attached hydrogens (tertiary/aromatic N) is 1. The van der Waals surface area contributed by atoms with Gasteiger partial charge in [0.25, 0.3) is 0 Å². The Balaban J connectivity index is 2.92. The van der Waals surface area contributed by atoms with Crippen molar-refractivity contribution in [3.63, 3.8) is 0 Å². The molecule has 0 bridgehead atoms. The Morgan fingerprint density at radius 1 is 1.18 bits per heavy atom. The van der Waals surface area contributed by atoms with Crippen LogP contribution in [0.3, 0.4) is 0 Å². The van der Waals surface area contributed by atoms with Crippen LogP contribution in [0.5, 0.6) is 0 Å². The summed E-state index contributed by atoms with van der Waals surface area (Å²) < 4.78 is 0. The predicted molar refractivity (Wildman–Crippen MR) is 48.1 cm³/mol. The summed E-state index contributed by atoms with van der Waals surface area (Å²) in [4.78, 5) is 0. The average molecular weight is 151 g/mol. The number of rotatable bonds is 6. The normalized spacial score (nSPS) is 10.2. The molecule has 0 heterocycles. The fourth-order valence-corrected chi connectivity index (χ4v) is 1.00. The van der Waals surface area contributed by atoms with Gasteiger partial charge in [0.15, 0.2) is 0 Å². The lowest BCUT2D eigenvalue weighted by Gasteiger charge is -1.94. The molecule has 1 nitrogen and oxygen atoms in total. The second kappa shape index (κ2) is 9.23. The molecule has 0 fully saturated rings. The van der Waals surface area contributed by atoms with Gasteiger partial charge in [-0.05, 0) is 12.8 Å². The van der Waals surface area contributed by atoms with Gasteiger partial charge in [0, 0.05) is 6.08 Å². The van der Waals surface area contributed by atoms with Crippen LogP contribution in [0, 0.1) is 11.3 Å². The van der Waals surface area contributed by atoms with E-state index in [2.05, 4.69) is 6.92 Å². The van der Waals surface area contributed by atoms with Crippen molar-refractivity contribution >= 4 is 0 Å². The minimum Gasteiger partial charge on any atom is -0.193 e. The number of nitriles is 1. The first-order chi connectivity index (χ1) is 5.41. The van der Waals surface area contributed by atoms with Crippen LogP contribution in [0.4, 0.5) is 0 Å². The zero-order chi connectivity index (χ0) is 8.36. The second-order valence-corrected chi connectivity index (χ2v) is 2.73. The summed E-state index contributed by atoms with van der Waals surface area (Å²) in [7, 11) is 0. The van der Waals surface area contributed by atoms with Crippen molar-refractivity contribution in [3.8, 4) is 6.07 Å². The molecule has 0 saturated carbocycles. The molecule has 0 aromatic carbocycles. The van der Waals surface area contributed by atoms with Crippen LogP contribution in [-0.4, -0.2) is 0 Å². The molecule has 62 valence electrons. The molecule has 0 atom stereocenters. The van der Waals surface area contributed by atoms with Gasteiger partial charge >= 0.3 is 0 Å². The molecule has 0 aliphatic rings. The van der Waals surface area contributed by atoms with Crippen LogP contribution in [0.1, 0.15) is 45.4 Å². The van der Waals surface area contributed by atoms with Crippen molar-refractivity contribution in [2.75, 3.05) is 0 Å². The first kappa shape index (κ1) is 10.2. The van der Waals surface area contributed by atoms with Crippen LogP contribution in [0.25, 0.3) is 0 Å². The van der Waals surface area contributed by atoms with Crippen molar-refractivity contribution in [3.05, 3.63) is 12.2 Å². The van der Waals surface area contributed by atoms with Crippen LogP contribution in [0.2, 0.25) is 0 Å². The van der Waals surface area contributed by atoms with Crippen molar-refractivity contribution in [2.45, 2.75) is 45.4 Å². The third-order valence-electron chi connectivity index (χ3n) is 1.67. The van der Waals surface area contributed by atoms with E-state index in [1.807, 2.05) is 12.1 Å². The maximum absolute atomic E-state index is 8.17. The van der Waals surface area contributed by atoms with Gasteiger partial charge in [-0.25, -0.2) is 0 Å². The highest BCUT2D eigenvalue weighted by molar-refractivity contribution is 5.01. The highest BCUT2D eigenvalue weighted by Gasteiger charge is 1.85. The second-order valence-electron chi connectivity index (χ2n) is 2.73. The summed E-state index contributed by atoms with van der Waals surface area (Å²) in [6.07, 6.45) is 11.1. The van der Waals surface area contributed by atoms with Crippen molar-refractivity contribution < 1.29 is 0 Å². The van der Waals surface area contributed by atoms with Crippen LogP contribution in [-0.2, 0) is 0 Å². The lowest BCUT2D eigenvalue weighted by atomic mass is 10.1. The van der Waals surface area contributed by atoms with E-state index in [4.69, 9.17) is 5.26 Å². The van der Waals surface area contributed by atoms with E-state index in [0.29, 0.717) is 0 Å². The molecular weight excluding hydrogens is 134 g/mol. The highest BCUT2D eigenvalue weighted by Crippen LogP contribution is 2.04. The van der Waals surface area contributed by atoms with E-state index < -0.39 is 0 Å². The molecule has 11 heavy (non-hydrogen) atoms. The van der Waals surface area contributed by atoms with Crippen LogP contribution >= 0.6 is 0 Å². The highest BCUT2D eigenvalue weighted by atomic mass is 14.2. The standard InChI is InChI=1S/C10H17N/c1-2-3-4-5-6-7-8-9-10-11/h8-9H,2-7H2,1H3/b9-8+.